The summed E-state index contributed by atoms with van der Waals surface area (Å²) < 4.78 is 0. The zero-order valence-electron chi connectivity index (χ0n) is 10.2. The van der Waals surface area contributed by atoms with E-state index < -0.39 is 0 Å². The fraction of sp³-hybridized carbons (Fsp3) is 0.214. The van der Waals surface area contributed by atoms with Gasteiger partial charge in [0.15, 0.2) is 0 Å². The predicted molar refractivity (Wildman–Crippen MR) is 69.3 cm³/mol. The van der Waals surface area contributed by atoms with E-state index in [0.29, 0.717) is 12.1 Å². The number of aromatic hydroxyl groups is 2. The zero-order valence-corrected chi connectivity index (χ0v) is 10.2. The van der Waals surface area contributed by atoms with E-state index in [0.717, 1.165) is 5.69 Å². The molecule has 94 valence electrons. The summed E-state index contributed by atoms with van der Waals surface area (Å²) in [6.45, 7) is 2.54. The van der Waals surface area contributed by atoms with Crippen LogP contribution in [0.3, 0.4) is 0 Å². The molecule has 0 spiro atoms. The van der Waals surface area contributed by atoms with Crippen molar-refractivity contribution in [1.29, 1.82) is 0 Å². The summed E-state index contributed by atoms with van der Waals surface area (Å²) in [5.41, 5.74) is 1.61. The molecule has 0 bridgehead atoms. The number of benzene rings is 1. The number of nitrogens with zero attached hydrogens (tertiary/aromatic N) is 1. The van der Waals surface area contributed by atoms with Gasteiger partial charge in [0.1, 0.15) is 11.5 Å². The highest BCUT2D eigenvalue weighted by Crippen LogP contribution is 2.27. The minimum atomic E-state index is -0.0703. The van der Waals surface area contributed by atoms with Crippen molar-refractivity contribution < 1.29 is 10.2 Å². The minimum absolute atomic E-state index is 0.0703. The van der Waals surface area contributed by atoms with Gasteiger partial charge in [0.25, 0.3) is 0 Å². The molecule has 1 aromatic heterocycles. The van der Waals surface area contributed by atoms with Crippen LogP contribution in [0.4, 0.5) is 0 Å². The fourth-order valence-electron chi connectivity index (χ4n) is 1.76. The number of rotatable bonds is 4. The molecule has 3 N–H and O–H groups in total. The molecule has 18 heavy (non-hydrogen) atoms. The lowest BCUT2D eigenvalue weighted by Crippen LogP contribution is -2.18. The molecule has 0 saturated heterocycles. The molecule has 1 heterocycles. The van der Waals surface area contributed by atoms with Gasteiger partial charge >= 0.3 is 0 Å². The molecular formula is C14H16N2O2. The first-order valence-corrected chi connectivity index (χ1v) is 5.82. The molecule has 0 aliphatic rings. The molecule has 0 aliphatic heterocycles. The Morgan fingerprint density at radius 1 is 1.22 bits per heavy atom. The minimum Gasteiger partial charge on any atom is -0.508 e. The third kappa shape index (κ3) is 2.99. The van der Waals surface area contributed by atoms with E-state index in [2.05, 4.69) is 10.3 Å². The van der Waals surface area contributed by atoms with Crippen molar-refractivity contribution in [2.24, 2.45) is 0 Å². The summed E-state index contributed by atoms with van der Waals surface area (Å²) >= 11 is 0. The van der Waals surface area contributed by atoms with Gasteiger partial charge in [0.2, 0.25) is 0 Å². The van der Waals surface area contributed by atoms with E-state index in [1.165, 1.54) is 12.1 Å². The predicted octanol–water partition coefficient (Wildman–Crippen LogP) is 2.34. The second-order valence-corrected chi connectivity index (χ2v) is 4.17. The summed E-state index contributed by atoms with van der Waals surface area (Å²) in [6, 6.07) is 10.2. The first-order valence-electron chi connectivity index (χ1n) is 5.82. The van der Waals surface area contributed by atoms with Crippen molar-refractivity contribution in [3.63, 3.8) is 0 Å². The van der Waals surface area contributed by atoms with Gasteiger partial charge in [-0.1, -0.05) is 6.07 Å². The molecule has 0 saturated carbocycles. The Hall–Kier alpha value is -2.07. The Labute approximate surface area is 106 Å². The van der Waals surface area contributed by atoms with E-state index in [1.54, 1.807) is 12.3 Å². The molecule has 1 unspecified atom stereocenters. The van der Waals surface area contributed by atoms with Crippen molar-refractivity contribution in [1.82, 2.24) is 10.3 Å². The number of aromatic nitrogens is 1. The number of phenolic OH excluding ortho intramolecular Hbond substituents is 2. The lowest BCUT2D eigenvalue weighted by molar-refractivity contribution is 0.440. The highest BCUT2D eigenvalue weighted by Gasteiger charge is 2.10. The van der Waals surface area contributed by atoms with Gasteiger partial charge in [-0.2, -0.15) is 0 Å². The van der Waals surface area contributed by atoms with Crippen LogP contribution in [0.15, 0.2) is 42.6 Å². The largest absolute Gasteiger partial charge is 0.508 e. The second kappa shape index (κ2) is 5.51. The normalized spacial score (nSPS) is 12.3. The van der Waals surface area contributed by atoms with Crippen LogP contribution < -0.4 is 5.32 Å². The SMILES string of the molecule is CC(NCc1ccccn1)c1cc(O)ccc1O. The van der Waals surface area contributed by atoms with Gasteiger partial charge in [0.05, 0.1) is 5.69 Å². The van der Waals surface area contributed by atoms with Gasteiger partial charge in [-0.05, 0) is 37.3 Å². The van der Waals surface area contributed by atoms with Crippen LogP contribution in [0, 0.1) is 0 Å². The summed E-state index contributed by atoms with van der Waals surface area (Å²) in [4.78, 5) is 4.21. The van der Waals surface area contributed by atoms with E-state index in [-0.39, 0.29) is 17.5 Å². The van der Waals surface area contributed by atoms with Crippen LogP contribution >= 0.6 is 0 Å². The van der Waals surface area contributed by atoms with E-state index in [1.807, 2.05) is 25.1 Å². The first kappa shape index (κ1) is 12.4. The third-order valence-corrected chi connectivity index (χ3v) is 2.79. The Bertz CT molecular complexity index is 514. The van der Waals surface area contributed by atoms with E-state index in [9.17, 15) is 10.2 Å². The Balaban J connectivity index is 2.03. The average Bonchev–Trinajstić information content (AvgIpc) is 2.40. The number of hydrogen-bond donors (Lipinski definition) is 3. The van der Waals surface area contributed by atoms with Crippen molar-refractivity contribution in [2.45, 2.75) is 19.5 Å². The average molecular weight is 244 g/mol. The summed E-state index contributed by atoms with van der Waals surface area (Å²) in [5.74, 6) is 0.322. The lowest BCUT2D eigenvalue weighted by atomic mass is 10.1. The molecule has 0 amide bonds. The molecule has 2 aromatic rings. The molecular weight excluding hydrogens is 228 g/mol. The Morgan fingerprint density at radius 3 is 2.78 bits per heavy atom. The highest BCUT2D eigenvalue weighted by molar-refractivity contribution is 5.40. The highest BCUT2D eigenvalue weighted by atomic mass is 16.3. The number of pyridine rings is 1. The summed E-state index contributed by atoms with van der Waals surface area (Å²) in [7, 11) is 0. The molecule has 2 rings (SSSR count). The van der Waals surface area contributed by atoms with Crippen LogP contribution in [-0.4, -0.2) is 15.2 Å². The molecule has 0 aliphatic carbocycles. The standard InChI is InChI=1S/C14H16N2O2/c1-10(13-8-12(17)5-6-14(13)18)16-9-11-4-2-3-7-15-11/h2-8,10,16-18H,9H2,1H3. The van der Waals surface area contributed by atoms with Gasteiger partial charge in [-0.25, -0.2) is 0 Å². The number of phenols is 2. The Kier molecular flexibility index (Phi) is 3.79. The molecule has 0 radical (unpaired) electrons. The zero-order chi connectivity index (χ0) is 13.0. The van der Waals surface area contributed by atoms with E-state index >= 15 is 0 Å². The van der Waals surface area contributed by atoms with Gasteiger partial charge in [-0.3, -0.25) is 4.98 Å². The Morgan fingerprint density at radius 2 is 2.06 bits per heavy atom. The molecule has 1 atom stereocenters. The topological polar surface area (TPSA) is 65.4 Å². The van der Waals surface area contributed by atoms with E-state index in [4.69, 9.17) is 0 Å². The lowest BCUT2D eigenvalue weighted by Gasteiger charge is -2.15. The van der Waals surface area contributed by atoms with Crippen LogP contribution in [0.2, 0.25) is 0 Å². The van der Waals surface area contributed by atoms with Crippen molar-refractivity contribution >= 4 is 0 Å². The van der Waals surface area contributed by atoms with Gasteiger partial charge < -0.3 is 15.5 Å². The quantitative estimate of drug-likeness (QED) is 0.722. The summed E-state index contributed by atoms with van der Waals surface area (Å²) in [6.07, 6.45) is 1.74. The first-order chi connectivity index (χ1) is 8.66. The van der Waals surface area contributed by atoms with Crippen LogP contribution in [0.1, 0.15) is 24.2 Å². The smallest absolute Gasteiger partial charge is 0.120 e. The maximum absolute atomic E-state index is 9.74. The van der Waals surface area contributed by atoms with Crippen LogP contribution in [-0.2, 0) is 6.54 Å². The second-order valence-electron chi connectivity index (χ2n) is 4.17. The third-order valence-electron chi connectivity index (χ3n) is 2.79. The molecule has 4 nitrogen and oxygen atoms in total. The monoisotopic (exact) mass is 244 g/mol. The maximum Gasteiger partial charge on any atom is 0.120 e. The van der Waals surface area contributed by atoms with Crippen LogP contribution in [0.5, 0.6) is 11.5 Å². The van der Waals surface area contributed by atoms with Crippen LogP contribution in [0.25, 0.3) is 0 Å². The molecule has 4 heteroatoms. The summed E-state index contributed by atoms with van der Waals surface area (Å²) in [5, 5.41) is 22.4. The molecule has 0 fully saturated rings. The van der Waals surface area contributed by atoms with Crippen molar-refractivity contribution in [3.8, 4) is 11.5 Å². The van der Waals surface area contributed by atoms with Gasteiger partial charge in [-0.15, -0.1) is 0 Å². The van der Waals surface area contributed by atoms with Crippen molar-refractivity contribution in [2.75, 3.05) is 0 Å². The number of hydrogen-bond acceptors (Lipinski definition) is 4. The fourth-order valence-corrected chi connectivity index (χ4v) is 1.76. The number of nitrogens with one attached hydrogen (secondary N) is 1. The molecule has 1 aromatic carbocycles. The van der Waals surface area contributed by atoms with Gasteiger partial charge in [0, 0.05) is 24.3 Å². The van der Waals surface area contributed by atoms with Crippen molar-refractivity contribution in [3.05, 3.63) is 53.9 Å². The maximum atomic E-state index is 9.74.